The third kappa shape index (κ3) is 15.0. The largest absolute Gasteiger partial charge is 0.387 e. The Bertz CT molecular complexity index is 435. The van der Waals surface area contributed by atoms with Crippen molar-refractivity contribution in [3.05, 3.63) is 0 Å². The Labute approximate surface area is 209 Å². The minimum Gasteiger partial charge on any atom is -0.387 e. The van der Waals surface area contributed by atoms with Gasteiger partial charge >= 0.3 is 0 Å². The maximum Gasteiger partial charge on any atom is 0.186 e. The van der Waals surface area contributed by atoms with Crippen molar-refractivity contribution in [2.24, 2.45) is 0 Å². The van der Waals surface area contributed by atoms with Crippen molar-refractivity contribution in [1.29, 1.82) is 0 Å². The molecule has 5 atom stereocenters. The van der Waals surface area contributed by atoms with Gasteiger partial charge in [0.2, 0.25) is 0 Å². The second-order valence-electron chi connectivity index (χ2n) is 10.1. The van der Waals surface area contributed by atoms with Gasteiger partial charge in [-0.05, 0) is 12.8 Å². The zero-order valence-corrected chi connectivity index (χ0v) is 22.3. The van der Waals surface area contributed by atoms with Gasteiger partial charge in [-0.2, -0.15) is 0 Å². The molecule has 34 heavy (non-hydrogen) atoms. The van der Waals surface area contributed by atoms with Gasteiger partial charge in [-0.25, -0.2) is 0 Å². The molecule has 0 aromatic heterocycles. The van der Waals surface area contributed by atoms with Gasteiger partial charge in [0.05, 0.1) is 6.61 Å². The molecule has 0 aromatic rings. The minimum atomic E-state index is -1.29. The number of rotatable bonds is 23. The summed E-state index contributed by atoms with van der Waals surface area (Å²) in [5.74, 6) is 0. The average Bonchev–Trinajstić information content (AvgIpc) is 2.84. The summed E-state index contributed by atoms with van der Waals surface area (Å²) >= 11 is 0. The summed E-state index contributed by atoms with van der Waals surface area (Å²) in [6.45, 7) is 5.59. The third-order valence-corrected chi connectivity index (χ3v) is 6.87. The standard InChI is InChI=1S/C28H56O6/c1-3-5-7-8-9-10-11-12-13-14-15-16-17-18-19-20-21-32-23-24-25(29)26(30)27(31)28(34-24)33-22-6-4-2/h24-31H,3-23H2,1-2H3/t24-,25-,26+,27-,28+/m1/s1. The summed E-state index contributed by atoms with van der Waals surface area (Å²) in [5.41, 5.74) is 0. The topological polar surface area (TPSA) is 88.4 Å². The van der Waals surface area contributed by atoms with E-state index in [9.17, 15) is 15.3 Å². The highest BCUT2D eigenvalue weighted by Crippen LogP contribution is 2.23. The van der Waals surface area contributed by atoms with E-state index in [0.29, 0.717) is 13.2 Å². The monoisotopic (exact) mass is 488 g/mol. The van der Waals surface area contributed by atoms with Crippen LogP contribution in [0, 0.1) is 0 Å². The molecule has 0 spiro atoms. The first kappa shape index (κ1) is 31.8. The molecule has 0 amide bonds. The van der Waals surface area contributed by atoms with Crippen LogP contribution in [-0.4, -0.2) is 65.8 Å². The predicted octanol–water partition coefficient (Wildman–Crippen LogP) is 5.89. The molecule has 6 nitrogen and oxygen atoms in total. The Hall–Kier alpha value is -0.240. The first-order chi connectivity index (χ1) is 16.6. The third-order valence-electron chi connectivity index (χ3n) is 6.87. The van der Waals surface area contributed by atoms with E-state index in [-0.39, 0.29) is 6.61 Å². The molecular weight excluding hydrogens is 432 g/mol. The van der Waals surface area contributed by atoms with Gasteiger partial charge in [0.15, 0.2) is 6.29 Å². The highest BCUT2D eigenvalue weighted by molar-refractivity contribution is 4.89. The maximum absolute atomic E-state index is 10.2. The lowest BCUT2D eigenvalue weighted by molar-refractivity contribution is -0.302. The fourth-order valence-electron chi connectivity index (χ4n) is 4.49. The fourth-order valence-corrected chi connectivity index (χ4v) is 4.49. The molecular formula is C28H56O6. The van der Waals surface area contributed by atoms with E-state index in [1.54, 1.807) is 0 Å². The lowest BCUT2D eigenvalue weighted by Crippen LogP contribution is -2.59. The summed E-state index contributed by atoms with van der Waals surface area (Å²) < 4.78 is 16.9. The Balaban J connectivity index is 1.92. The molecule has 0 bridgehead atoms. The molecule has 1 heterocycles. The van der Waals surface area contributed by atoms with Gasteiger partial charge in [0.25, 0.3) is 0 Å². The first-order valence-corrected chi connectivity index (χ1v) is 14.5. The quantitative estimate of drug-likeness (QED) is 0.155. The van der Waals surface area contributed by atoms with Crippen LogP contribution < -0.4 is 0 Å². The van der Waals surface area contributed by atoms with Gasteiger partial charge in [-0.1, -0.05) is 117 Å². The van der Waals surface area contributed by atoms with Crippen molar-refractivity contribution in [1.82, 2.24) is 0 Å². The minimum absolute atomic E-state index is 0.192. The number of aliphatic hydroxyl groups excluding tert-OH is 3. The molecule has 0 saturated carbocycles. The number of hydrogen-bond acceptors (Lipinski definition) is 6. The first-order valence-electron chi connectivity index (χ1n) is 14.5. The SMILES string of the molecule is CCCCCCCCCCCCCCCCCCOC[C@H]1O[C@H](OCCCC)[C@H](O)[C@@H](O)[C@@H]1O. The molecule has 3 N–H and O–H groups in total. The van der Waals surface area contributed by atoms with Crippen LogP contribution in [0.5, 0.6) is 0 Å². The molecule has 1 rings (SSSR count). The summed E-state index contributed by atoms with van der Waals surface area (Å²) in [4.78, 5) is 0. The molecule has 6 heteroatoms. The molecule has 1 aliphatic rings. The smallest absolute Gasteiger partial charge is 0.186 e. The van der Waals surface area contributed by atoms with E-state index in [4.69, 9.17) is 14.2 Å². The summed E-state index contributed by atoms with van der Waals surface area (Å²) in [6, 6.07) is 0. The van der Waals surface area contributed by atoms with Crippen LogP contribution in [0.4, 0.5) is 0 Å². The van der Waals surface area contributed by atoms with Crippen molar-refractivity contribution >= 4 is 0 Å². The van der Waals surface area contributed by atoms with Crippen molar-refractivity contribution < 1.29 is 29.5 Å². The number of unbranched alkanes of at least 4 members (excludes halogenated alkanes) is 16. The Morgan fingerprint density at radius 1 is 0.529 bits per heavy atom. The molecule has 1 aliphatic heterocycles. The molecule has 1 fully saturated rings. The zero-order valence-electron chi connectivity index (χ0n) is 22.3. The van der Waals surface area contributed by atoms with Crippen molar-refractivity contribution in [3.63, 3.8) is 0 Å². The van der Waals surface area contributed by atoms with Crippen molar-refractivity contribution in [3.8, 4) is 0 Å². The van der Waals surface area contributed by atoms with Gasteiger partial charge in [-0.3, -0.25) is 0 Å². The second kappa shape index (κ2) is 22.0. The fraction of sp³-hybridized carbons (Fsp3) is 1.00. The van der Waals surface area contributed by atoms with Gasteiger partial charge < -0.3 is 29.5 Å². The van der Waals surface area contributed by atoms with E-state index < -0.39 is 30.7 Å². The van der Waals surface area contributed by atoms with E-state index in [2.05, 4.69) is 13.8 Å². The number of hydrogen-bond donors (Lipinski definition) is 3. The van der Waals surface area contributed by atoms with Crippen LogP contribution in [0.3, 0.4) is 0 Å². The number of aliphatic hydroxyl groups is 3. The van der Waals surface area contributed by atoms with E-state index in [0.717, 1.165) is 25.7 Å². The Morgan fingerprint density at radius 3 is 1.50 bits per heavy atom. The van der Waals surface area contributed by atoms with E-state index >= 15 is 0 Å². The lowest BCUT2D eigenvalue weighted by Gasteiger charge is -2.40. The van der Waals surface area contributed by atoms with Crippen LogP contribution in [0.2, 0.25) is 0 Å². The molecule has 204 valence electrons. The maximum atomic E-state index is 10.2. The van der Waals surface area contributed by atoms with Crippen LogP contribution >= 0.6 is 0 Å². The average molecular weight is 489 g/mol. The van der Waals surface area contributed by atoms with Crippen LogP contribution in [0.15, 0.2) is 0 Å². The molecule has 0 aromatic carbocycles. The molecule has 0 radical (unpaired) electrons. The van der Waals surface area contributed by atoms with Gasteiger partial charge in [-0.15, -0.1) is 0 Å². The van der Waals surface area contributed by atoms with Crippen LogP contribution in [-0.2, 0) is 14.2 Å². The predicted molar refractivity (Wildman–Crippen MR) is 138 cm³/mol. The molecule has 0 unspecified atom stereocenters. The van der Waals surface area contributed by atoms with Gasteiger partial charge in [0, 0.05) is 13.2 Å². The Kier molecular flexibility index (Phi) is 20.6. The lowest BCUT2D eigenvalue weighted by atomic mass is 9.99. The summed E-state index contributed by atoms with van der Waals surface area (Å²) in [6.07, 6.45) is 17.9. The van der Waals surface area contributed by atoms with Crippen LogP contribution in [0.25, 0.3) is 0 Å². The van der Waals surface area contributed by atoms with Crippen molar-refractivity contribution in [2.45, 2.75) is 160 Å². The van der Waals surface area contributed by atoms with E-state index in [1.807, 2.05) is 0 Å². The summed E-state index contributed by atoms with van der Waals surface area (Å²) in [7, 11) is 0. The Morgan fingerprint density at radius 2 is 1.00 bits per heavy atom. The van der Waals surface area contributed by atoms with Crippen molar-refractivity contribution in [2.75, 3.05) is 19.8 Å². The highest BCUT2D eigenvalue weighted by Gasteiger charge is 2.44. The van der Waals surface area contributed by atoms with E-state index in [1.165, 1.54) is 89.9 Å². The summed E-state index contributed by atoms with van der Waals surface area (Å²) in [5, 5.41) is 30.3. The second-order valence-corrected chi connectivity index (χ2v) is 10.1. The highest BCUT2D eigenvalue weighted by atomic mass is 16.7. The van der Waals surface area contributed by atoms with Gasteiger partial charge in [0.1, 0.15) is 24.4 Å². The van der Waals surface area contributed by atoms with Crippen LogP contribution in [0.1, 0.15) is 129 Å². The number of ether oxygens (including phenoxy) is 3. The normalized spacial score (nSPS) is 25.1. The molecule has 1 saturated heterocycles. The molecule has 0 aliphatic carbocycles. The zero-order chi connectivity index (χ0) is 24.9.